The number of anilines is 1. The number of carboxylic acids is 1. The molecule has 0 aliphatic heterocycles. The van der Waals surface area contributed by atoms with Crippen LogP contribution >= 0.6 is 0 Å². The van der Waals surface area contributed by atoms with Crippen LogP contribution in [-0.4, -0.2) is 34.9 Å². The lowest BCUT2D eigenvalue weighted by molar-refractivity contribution is -0.146. The van der Waals surface area contributed by atoms with E-state index < -0.39 is 59.4 Å². The molecule has 0 saturated carbocycles. The van der Waals surface area contributed by atoms with Crippen LogP contribution in [0.15, 0.2) is 0 Å². The minimum absolute atomic E-state index is 0.851. The number of urea groups is 1. The summed E-state index contributed by atoms with van der Waals surface area (Å²) < 4.78 is 64.7. The Balaban J connectivity index is 2.89. The van der Waals surface area contributed by atoms with E-state index in [0.717, 1.165) is 0 Å². The molecule has 0 unspecified atom stereocenters. The van der Waals surface area contributed by atoms with Crippen molar-refractivity contribution in [2.75, 3.05) is 11.9 Å². The summed E-state index contributed by atoms with van der Waals surface area (Å²) in [7, 11) is 0. The first kappa shape index (κ1) is 16.6. The number of benzene rings is 1. The number of halogens is 5. The molecule has 116 valence electrons. The van der Waals surface area contributed by atoms with Crippen LogP contribution in [0.4, 0.5) is 32.4 Å². The van der Waals surface area contributed by atoms with Crippen molar-refractivity contribution in [1.82, 2.24) is 5.32 Å². The lowest BCUT2D eigenvalue weighted by Gasteiger charge is -2.11. The molecule has 1 aromatic carbocycles. The highest BCUT2D eigenvalue weighted by Crippen LogP contribution is 2.26. The Labute approximate surface area is 113 Å². The Morgan fingerprint density at radius 2 is 1.38 bits per heavy atom. The zero-order valence-corrected chi connectivity index (χ0v) is 9.89. The molecule has 0 saturated heterocycles. The third-order valence-electron chi connectivity index (χ3n) is 2.19. The number of carboxylic acid groups (broad SMARTS) is 1. The molecule has 0 bridgehead atoms. The van der Waals surface area contributed by atoms with Gasteiger partial charge in [-0.25, -0.2) is 31.5 Å². The van der Waals surface area contributed by atoms with E-state index in [1.165, 1.54) is 5.32 Å². The summed E-state index contributed by atoms with van der Waals surface area (Å²) >= 11 is 0. The molecular formula is C10H7F5N2O4. The second-order valence-corrected chi connectivity index (χ2v) is 3.63. The average Bonchev–Trinajstić information content (AvgIpc) is 2.44. The molecule has 6 nitrogen and oxygen atoms in total. The number of carbonyl (C=O) groups excluding carboxylic acids is 1. The molecule has 1 aromatic rings. The summed E-state index contributed by atoms with van der Waals surface area (Å²) in [6, 6.07) is -1.47. The molecule has 0 aliphatic rings. The summed E-state index contributed by atoms with van der Waals surface area (Å²) in [5.74, 6) is -13.1. The fourth-order valence-corrected chi connectivity index (χ4v) is 1.15. The number of aliphatic hydroxyl groups excluding tert-OH is 1. The molecule has 0 spiro atoms. The fraction of sp³-hybridized carbons (Fsp3) is 0.200. The van der Waals surface area contributed by atoms with Crippen LogP contribution < -0.4 is 10.6 Å². The molecular weight excluding hydrogens is 307 g/mol. The van der Waals surface area contributed by atoms with E-state index in [-0.39, 0.29) is 0 Å². The van der Waals surface area contributed by atoms with E-state index in [1.54, 1.807) is 5.32 Å². The van der Waals surface area contributed by atoms with Crippen LogP contribution in [0, 0.1) is 29.1 Å². The van der Waals surface area contributed by atoms with Crippen molar-refractivity contribution in [3.8, 4) is 0 Å². The van der Waals surface area contributed by atoms with Crippen LogP contribution in [0.2, 0.25) is 0 Å². The second kappa shape index (κ2) is 6.35. The lowest BCUT2D eigenvalue weighted by Crippen LogP contribution is -2.39. The number of aliphatic hydroxyl groups is 1. The topological polar surface area (TPSA) is 98.7 Å². The number of amides is 2. The van der Waals surface area contributed by atoms with Crippen molar-refractivity contribution in [2.24, 2.45) is 0 Å². The average molecular weight is 314 g/mol. The molecule has 2 amide bonds. The SMILES string of the molecule is O=C(NC[C@H](O)C(=O)O)Nc1c(F)c(F)c(F)c(F)c1F. The van der Waals surface area contributed by atoms with Gasteiger partial charge in [0, 0.05) is 0 Å². The van der Waals surface area contributed by atoms with Crippen LogP contribution in [0.1, 0.15) is 0 Å². The number of nitrogens with one attached hydrogen (secondary N) is 2. The minimum Gasteiger partial charge on any atom is -0.479 e. The molecule has 4 N–H and O–H groups in total. The van der Waals surface area contributed by atoms with Crippen molar-refractivity contribution in [1.29, 1.82) is 0 Å². The number of aliphatic carboxylic acids is 1. The first-order chi connectivity index (χ1) is 9.66. The summed E-state index contributed by atoms with van der Waals surface area (Å²) in [6.45, 7) is -0.851. The van der Waals surface area contributed by atoms with Gasteiger partial charge in [0.15, 0.2) is 29.4 Å². The van der Waals surface area contributed by atoms with Gasteiger partial charge in [-0.15, -0.1) is 0 Å². The van der Waals surface area contributed by atoms with Crippen LogP contribution in [0.3, 0.4) is 0 Å². The standard InChI is InChI=1S/C10H7F5N2O4/c11-3-4(12)6(14)8(7(15)5(3)13)17-10(21)16-1-2(18)9(19)20/h2,18H,1H2,(H,19,20)(H2,16,17,21)/t2-/m0/s1. The second-order valence-electron chi connectivity index (χ2n) is 3.63. The maximum absolute atomic E-state index is 13.2. The van der Waals surface area contributed by atoms with E-state index >= 15 is 0 Å². The summed E-state index contributed by atoms with van der Waals surface area (Å²) in [4.78, 5) is 21.4. The summed E-state index contributed by atoms with van der Waals surface area (Å²) in [5, 5.41) is 20.1. The molecule has 0 heterocycles. The predicted octanol–water partition coefficient (Wildman–Crippen LogP) is 0.949. The van der Waals surface area contributed by atoms with Gasteiger partial charge >= 0.3 is 12.0 Å². The van der Waals surface area contributed by atoms with Gasteiger partial charge in [-0.1, -0.05) is 0 Å². The fourth-order valence-electron chi connectivity index (χ4n) is 1.15. The maximum Gasteiger partial charge on any atom is 0.334 e. The van der Waals surface area contributed by atoms with Gasteiger partial charge in [0.05, 0.1) is 6.54 Å². The molecule has 0 radical (unpaired) electrons. The molecule has 0 aromatic heterocycles. The summed E-state index contributed by atoms with van der Waals surface area (Å²) in [6.07, 6.45) is -2.01. The maximum atomic E-state index is 13.2. The zero-order valence-electron chi connectivity index (χ0n) is 9.89. The zero-order chi connectivity index (χ0) is 16.3. The third kappa shape index (κ3) is 3.56. The molecule has 21 heavy (non-hydrogen) atoms. The first-order valence-corrected chi connectivity index (χ1v) is 5.14. The Morgan fingerprint density at radius 3 is 1.81 bits per heavy atom. The molecule has 0 fully saturated rings. The van der Waals surface area contributed by atoms with Crippen LogP contribution in [-0.2, 0) is 4.79 Å². The Kier molecular flexibility index (Phi) is 5.02. The molecule has 11 heteroatoms. The number of hydrogen-bond donors (Lipinski definition) is 4. The van der Waals surface area contributed by atoms with Crippen molar-refractivity contribution in [3.05, 3.63) is 29.1 Å². The minimum atomic E-state index is -2.39. The van der Waals surface area contributed by atoms with Crippen LogP contribution in [0.25, 0.3) is 0 Å². The van der Waals surface area contributed by atoms with E-state index in [9.17, 15) is 31.5 Å². The smallest absolute Gasteiger partial charge is 0.334 e. The molecule has 1 atom stereocenters. The predicted molar refractivity (Wildman–Crippen MR) is 56.9 cm³/mol. The van der Waals surface area contributed by atoms with E-state index in [1.807, 2.05) is 0 Å². The molecule has 1 rings (SSSR count). The van der Waals surface area contributed by atoms with Gasteiger partial charge < -0.3 is 20.8 Å². The summed E-state index contributed by atoms with van der Waals surface area (Å²) in [5.41, 5.74) is -1.60. The number of carbonyl (C=O) groups is 2. The van der Waals surface area contributed by atoms with Crippen molar-refractivity contribution in [3.63, 3.8) is 0 Å². The van der Waals surface area contributed by atoms with Gasteiger partial charge in [0.25, 0.3) is 0 Å². The van der Waals surface area contributed by atoms with Gasteiger partial charge in [-0.05, 0) is 0 Å². The van der Waals surface area contributed by atoms with E-state index in [4.69, 9.17) is 10.2 Å². The van der Waals surface area contributed by atoms with Gasteiger partial charge in [0.1, 0.15) is 5.69 Å². The van der Waals surface area contributed by atoms with E-state index in [2.05, 4.69) is 0 Å². The normalized spacial score (nSPS) is 11.9. The third-order valence-corrected chi connectivity index (χ3v) is 2.19. The van der Waals surface area contributed by atoms with Crippen molar-refractivity contribution in [2.45, 2.75) is 6.10 Å². The van der Waals surface area contributed by atoms with Gasteiger partial charge in [0.2, 0.25) is 5.82 Å². The largest absolute Gasteiger partial charge is 0.479 e. The highest BCUT2D eigenvalue weighted by Gasteiger charge is 2.27. The Hall–Kier alpha value is -2.43. The van der Waals surface area contributed by atoms with Gasteiger partial charge in [-0.3, -0.25) is 0 Å². The quantitative estimate of drug-likeness (QED) is 0.378. The van der Waals surface area contributed by atoms with Crippen LogP contribution in [0.5, 0.6) is 0 Å². The number of rotatable bonds is 4. The Morgan fingerprint density at radius 1 is 0.952 bits per heavy atom. The lowest BCUT2D eigenvalue weighted by atomic mass is 10.2. The molecule has 0 aliphatic carbocycles. The highest BCUT2D eigenvalue weighted by molar-refractivity contribution is 5.90. The Bertz CT molecular complexity index is 566. The van der Waals surface area contributed by atoms with Crippen molar-refractivity contribution < 1.29 is 41.8 Å². The number of hydrogen-bond acceptors (Lipinski definition) is 3. The first-order valence-electron chi connectivity index (χ1n) is 5.14. The van der Waals surface area contributed by atoms with E-state index in [0.29, 0.717) is 0 Å². The highest BCUT2D eigenvalue weighted by atomic mass is 19.2. The van der Waals surface area contributed by atoms with Gasteiger partial charge in [-0.2, -0.15) is 0 Å². The monoisotopic (exact) mass is 314 g/mol. The van der Waals surface area contributed by atoms with Crippen molar-refractivity contribution >= 4 is 17.7 Å².